The Labute approximate surface area is 142 Å². The highest BCUT2D eigenvalue weighted by atomic mass is 16.1. The lowest BCUT2D eigenvalue weighted by atomic mass is 10.1. The van der Waals surface area contributed by atoms with Crippen LogP contribution in [0.25, 0.3) is 16.9 Å². The zero-order valence-corrected chi connectivity index (χ0v) is 13.7. The van der Waals surface area contributed by atoms with Crippen LogP contribution in [0.2, 0.25) is 0 Å². The van der Waals surface area contributed by atoms with Gasteiger partial charge >= 0.3 is 5.69 Å². The van der Waals surface area contributed by atoms with Gasteiger partial charge in [-0.2, -0.15) is 14.7 Å². The average Bonchev–Trinajstić information content (AvgIpc) is 3.20. The van der Waals surface area contributed by atoms with Gasteiger partial charge < -0.3 is 5.32 Å². The maximum absolute atomic E-state index is 11.1. The summed E-state index contributed by atoms with van der Waals surface area (Å²) in [7, 11) is 0. The average molecular weight is 335 g/mol. The first-order chi connectivity index (χ1) is 12.2. The summed E-state index contributed by atoms with van der Waals surface area (Å²) >= 11 is 0. The standard InChI is InChI=1S/C17H17N7O/c1-11-9-16-19-13(12-5-3-2-4-6-12)10-15(24(16)23-11)18-8-7-14-20-17(25)22-21-14/h2-6,9-10,18H,7-8H2,1H3,(H2,20,21,22,25). The van der Waals surface area contributed by atoms with Crippen molar-refractivity contribution in [2.45, 2.75) is 13.3 Å². The molecule has 4 rings (SSSR count). The molecule has 4 aromatic rings. The van der Waals surface area contributed by atoms with Crippen LogP contribution >= 0.6 is 0 Å². The summed E-state index contributed by atoms with van der Waals surface area (Å²) in [6.07, 6.45) is 0.587. The molecule has 3 aromatic heterocycles. The summed E-state index contributed by atoms with van der Waals surface area (Å²) < 4.78 is 1.79. The predicted octanol–water partition coefficient (Wildman–Crippen LogP) is 1.77. The van der Waals surface area contributed by atoms with Crippen LogP contribution in [0.5, 0.6) is 0 Å². The molecule has 0 aliphatic carbocycles. The number of hydrogen-bond donors (Lipinski definition) is 3. The van der Waals surface area contributed by atoms with Gasteiger partial charge in [-0.25, -0.2) is 14.9 Å². The third-order valence-electron chi connectivity index (χ3n) is 3.84. The van der Waals surface area contributed by atoms with Gasteiger partial charge in [0.05, 0.1) is 11.4 Å². The molecule has 0 aliphatic heterocycles. The molecular weight excluding hydrogens is 318 g/mol. The fourth-order valence-corrected chi connectivity index (χ4v) is 2.70. The molecule has 0 fully saturated rings. The van der Waals surface area contributed by atoms with E-state index in [0.29, 0.717) is 18.8 Å². The van der Waals surface area contributed by atoms with Crippen LogP contribution in [-0.2, 0) is 6.42 Å². The SMILES string of the molecule is Cc1cc2nc(-c3ccccc3)cc(NCCc3n[nH]c(=O)[nH]3)n2n1. The van der Waals surface area contributed by atoms with Crippen LogP contribution in [0, 0.1) is 6.92 Å². The molecule has 1 aromatic carbocycles. The molecule has 0 unspecified atom stereocenters. The first kappa shape index (κ1) is 15.1. The van der Waals surface area contributed by atoms with Crippen molar-refractivity contribution in [3.63, 3.8) is 0 Å². The third-order valence-corrected chi connectivity index (χ3v) is 3.84. The van der Waals surface area contributed by atoms with E-state index >= 15 is 0 Å². The number of aromatic nitrogens is 6. The Kier molecular flexibility index (Phi) is 3.77. The molecule has 0 amide bonds. The molecular formula is C17H17N7O. The minimum Gasteiger partial charge on any atom is -0.369 e. The summed E-state index contributed by atoms with van der Waals surface area (Å²) in [6, 6.07) is 13.9. The van der Waals surface area contributed by atoms with Gasteiger partial charge in [-0.3, -0.25) is 4.98 Å². The van der Waals surface area contributed by atoms with Gasteiger partial charge in [-0.15, -0.1) is 0 Å². The number of fused-ring (bicyclic) bond motifs is 1. The first-order valence-electron chi connectivity index (χ1n) is 7.99. The molecule has 0 radical (unpaired) electrons. The molecule has 8 heteroatoms. The highest BCUT2D eigenvalue weighted by Crippen LogP contribution is 2.22. The zero-order valence-electron chi connectivity index (χ0n) is 13.7. The highest BCUT2D eigenvalue weighted by molar-refractivity contribution is 5.66. The minimum absolute atomic E-state index is 0.296. The molecule has 0 saturated heterocycles. The topological polar surface area (TPSA) is 104 Å². The van der Waals surface area contributed by atoms with E-state index in [0.717, 1.165) is 28.4 Å². The Morgan fingerprint density at radius 2 is 2.04 bits per heavy atom. The summed E-state index contributed by atoms with van der Waals surface area (Å²) in [5.41, 5.74) is 3.31. The number of H-pyrrole nitrogens is 2. The van der Waals surface area contributed by atoms with E-state index < -0.39 is 0 Å². The van der Waals surface area contributed by atoms with E-state index in [2.05, 4.69) is 25.6 Å². The van der Waals surface area contributed by atoms with Crippen LogP contribution in [0.15, 0.2) is 47.3 Å². The Balaban J connectivity index is 1.65. The van der Waals surface area contributed by atoms with Crippen LogP contribution in [-0.4, -0.2) is 36.3 Å². The van der Waals surface area contributed by atoms with E-state index in [9.17, 15) is 4.79 Å². The van der Waals surface area contributed by atoms with Gasteiger partial charge in [0.15, 0.2) is 5.65 Å². The number of benzene rings is 1. The fourth-order valence-electron chi connectivity index (χ4n) is 2.70. The smallest absolute Gasteiger partial charge is 0.340 e. The van der Waals surface area contributed by atoms with Gasteiger partial charge in [0.1, 0.15) is 11.6 Å². The van der Waals surface area contributed by atoms with Crippen molar-refractivity contribution >= 4 is 11.5 Å². The van der Waals surface area contributed by atoms with Crippen molar-refractivity contribution in [2.24, 2.45) is 0 Å². The molecule has 126 valence electrons. The van der Waals surface area contributed by atoms with Gasteiger partial charge in [0.25, 0.3) is 0 Å². The zero-order chi connectivity index (χ0) is 17.2. The number of nitrogens with zero attached hydrogens (tertiary/aromatic N) is 4. The Morgan fingerprint density at radius 3 is 2.80 bits per heavy atom. The van der Waals surface area contributed by atoms with Crippen LogP contribution in [0.3, 0.4) is 0 Å². The summed E-state index contributed by atoms with van der Waals surface area (Å²) in [6.45, 7) is 2.54. The third kappa shape index (κ3) is 3.14. The predicted molar refractivity (Wildman–Crippen MR) is 94.6 cm³/mol. The summed E-state index contributed by atoms with van der Waals surface area (Å²) in [4.78, 5) is 18.4. The van der Waals surface area contributed by atoms with Crippen molar-refractivity contribution in [3.8, 4) is 11.3 Å². The molecule has 8 nitrogen and oxygen atoms in total. The molecule has 0 aliphatic rings. The van der Waals surface area contributed by atoms with Gasteiger partial charge in [-0.05, 0) is 6.92 Å². The molecule has 0 bridgehead atoms. The Morgan fingerprint density at radius 1 is 1.20 bits per heavy atom. The number of hydrogen-bond acceptors (Lipinski definition) is 5. The van der Waals surface area contributed by atoms with E-state index in [1.807, 2.05) is 49.4 Å². The van der Waals surface area contributed by atoms with E-state index in [1.165, 1.54) is 0 Å². The largest absolute Gasteiger partial charge is 0.369 e. The molecule has 0 spiro atoms. The van der Waals surface area contributed by atoms with Crippen molar-refractivity contribution in [3.05, 3.63) is 64.5 Å². The Bertz CT molecular complexity index is 1060. The molecule has 3 heterocycles. The molecule has 3 N–H and O–H groups in total. The van der Waals surface area contributed by atoms with Crippen molar-refractivity contribution in [1.29, 1.82) is 0 Å². The number of nitrogens with one attached hydrogen (secondary N) is 3. The van der Waals surface area contributed by atoms with E-state index in [4.69, 9.17) is 4.98 Å². The van der Waals surface area contributed by atoms with Crippen LogP contribution in [0.1, 0.15) is 11.5 Å². The van der Waals surface area contributed by atoms with Gasteiger partial charge in [0.2, 0.25) is 0 Å². The van der Waals surface area contributed by atoms with Crippen LogP contribution < -0.4 is 11.0 Å². The molecule has 25 heavy (non-hydrogen) atoms. The van der Waals surface area contributed by atoms with Crippen molar-refractivity contribution < 1.29 is 0 Å². The molecule has 0 atom stereocenters. The number of aromatic amines is 2. The molecule has 0 saturated carbocycles. The summed E-state index contributed by atoms with van der Waals surface area (Å²) in [5, 5.41) is 14.1. The van der Waals surface area contributed by atoms with E-state index in [1.54, 1.807) is 4.52 Å². The second-order valence-electron chi connectivity index (χ2n) is 5.75. The Hall–Kier alpha value is -3.42. The second-order valence-corrected chi connectivity index (χ2v) is 5.75. The quantitative estimate of drug-likeness (QED) is 0.516. The van der Waals surface area contributed by atoms with Crippen LogP contribution in [0.4, 0.5) is 5.82 Å². The number of aryl methyl sites for hydroxylation is 1. The maximum Gasteiger partial charge on any atom is 0.340 e. The fraction of sp³-hybridized carbons (Fsp3) is 0.176. The van der Waals surface area contributed by atoms with E-state index in [-0.39, 0.29) is 5.69 Å². The summed E-state index contributed by atoms with van der Waals surface area (Å²) in [5.74, 6) is 1.46. The highest BCUT2D eigenvalue weighted by Gasteiger charge is 2.09. The second kappa shape index (κ2) is 6.23. The number of anilines is 1. The first-order valence-corrected chi connectivity index (χ1v) is 7.99. The van der Waals surface area contributed by atoms with Gasteiger partial charge in [0, 0.05) is 30.7 Å². The number of rotatable bonds is 5. The van der Waals surface area contributed by atoms with Gasteiger partial charge in [-0.1, -0.05) is 30.3 Å². The lowest BCUT2D eigenvalue weighted by Gasteiger charge is -2.10. The lowest BCUT2D eigenvalue weighted by Crippen LogP contribution is -2.11. The monoisotopic (exact) mass is 335 g/mol. The van der Waals surface area contributed by atoms with Crippen molar-refractivity contribution in [2.75, 3.05) is 11.9 Å². The van der Waals surface area contributed by atoms with Crippen molar-refractivity contribution in [1.82, 2.24) is 29.8 Å². The normalized spacial score (nSPS) is 11.1. The lowest BCUT2D eigenvalue weighted by molar-refractivity contribution is 0.869. The minimum atomic E-state index is -0.296. The maximum atomic E-state index is 11.1.